The summed E-state index contributed by atoms with van der Waals surface area (Å²) in [5.41, 5.74) is 9.59. The van der Waals surface area contributed by atoms with E-state index >= 15 is 0 Å². The molecule has 0 radical (unpaired) electrons. The first-order valence-electron chi connectivity index (χ1n) is 19.9. The summed E-state index contributed by atoms with van der Waals surface area (Å²) in [7, 11) is 0. The van der Waals surface area contributed by atoms with Crippen LogP contribution in [0.3, 0.4) is 0 Å². The molecule has 0 aliphatic rings. The number of hydrogen-bond donors (Lipinski definition) is 0. The Kier molecular flexibility index (Phi) is 8.94. The summed E-state index contributed by atoms with van der Waals surface area (Å²) in [5.74, 6) is 3.33. The molecule has 0 N–H and O–H groups in total. The highest BCUT2D eigenvalue weighted by Gasteiger charge is 2.24. The highest BCUT2D eigenvalue weighted by atomic mass is 15.1. The number of rotatable bonds is 8. The van der Waals surface area contributed by atoms with E-state index in [9.17, 15) is 0 Å². The Hall–Kier alpha value is -8.56. The van der Waals surface area contributed by atoms with E-state index in [0.29, 0.717) is 40.6 Å². The van der Waals surface area contributed by atoms with E-state index in [0.717, 1.165) is 66.6 Å². The van der Waals surface area contributed by atoms with Crippen LogP contribution in [0.4, 0.5) is 0 Å². The number of benzene rings is 6. The van der Waals surface area contributed by atoms with E-state index in [1.165, 1.54) is 0 Å². The Morgan fingerprint density at radius 2 is 0.623 bits per heavy atom. The predicted molar refractivity (Wildman–Crippen MR) is 241 cm³/mol. The maximum absolute atomic E-state index is 5.12. The highest BCUT2D eigenvalue weighted by Crippen LogP contribution is 2.41. The normalized spacial score (nSPS) is 11.3. The van der Waals surface area contributed by atoms with Gasteiger partial charge >= 0.3 is 0 Å². The second-order valence-electron chi connectivity index (χ2n) is 14.4. The van der Waals surface area contributed by atoms with E-state index < -0.39 is 0 Å². The zero-order valence-electron chi connectivity index (χ0n) is 32.6. The minimum absolute atomic E-state index is 0.459. The monoisotopic (exact) mass is 783 g/mol. The number of nitrogens with zero attached hydrogens (tertiary/aromatic N) is 9. The lowest BCUT2D eigenvalue weighted by Crippen LogP contribution is -2.01. The van der Waals surface area contributed by atoms with E-state index in [4.69, 9.17) is 39.9 Å². The fourth-order valence-corrected chi connectivity index (χ4v) is 7.80. The Bertz CT molecular complexity index is 3220. The number of fused-ring (bicyclic) bond motifs is 3. The van der Waals surface area contributed by atoms with Crippen molar-refractivity contribution >= 4 is 21.8 Å². The number of hydrogen-bond acceptors (Lipinski definition) is 8. The summed E-state index contributed by atoms with van der Waals surface area (Å²) < 4.78 is 2.26. The van der Waals surface area contributed by atoms with Crippen molar-refractivity contribution in [2.45, 2.75) is 0 Å². The Balaban J connectivity index is 1.16. The molecule has 9 heteroatoms. The van der Waals surface area contributed by atoms with Gasteiger partial charge in [-0.3, -0.25) is 9.97 Å². The van der Waals surface area contributed by atoms with Crippen LogP contribution in [0.1, 0.15) is 0 Å². The summed E-state index contributed by atoms with van der Waals surface area (Å²) in [4.78, 5) is 40.4. The number of aromatic nitrogens is 9. The molecule has 5 heterocycles. The van der Waals surface area contributed by atoms with Crippen LogP contribution >= 0.6 is 0 Å². The van der Waals surface area contributed by atoms with Crippen molar-refractivity contribution in [2.24, 2.45) is 0 Å². The summed E-state index contributed by atoms with van der Waals surface area (Å²) in [6.45, 7) is 0. The van der Waals surface area contributed by atoms with E-state index in [1.54, 1.807) is 0 Å². The van der Waals surface area contributed by atoms with E-state index in [2.05, 4.69) is 34.9 Å². The second kappa shape index (κ2) is 15.3. The lowest BCUT2D eigenvalue weighted by atomic mass is 10.0. The van der Waals surface area contributed by atoms with Crippen LogP contribution in [0, 0.1) is 0 Å². The first kappa shape index (κ1) is 35.6. The number of pyridine rings is 2. The van der Waals surface area contributed by atoms with Crippen molar-refractivity contribution in [2.75, 3.05) is 0 Å². The highest BCUT2D eigenvalue weighted by molar-refractivity contribution is 6.19. The van der Waals surface area contributed by atoms with Crippen molar-refractivity contribution < 1.29 is 0 Å². The smallest absolute Gasteiger partial charge is 0.183 e. The zero-order valence-corrected chi connectivity index (χ0v) is 32.6. The predicted octanol–water partition coefficient (Wildman–Crippen LogP) is 11.6. The summed E-state index contributed by atoms with van der Waals surface area (Å²) >= 11 is 0. The van der Waals surface area contributed by atoms with Gasteiger partial charge in [-0.1, -0.05) is 158 Å². The van der Waals surface area contributed by atoms with Crippen molar-refractivity contribution in [3.05, 3.63) is 200 Å². The van der Waals surface area contributed by atoms with Gasteiger partial charge in [0.15, 0.2) is 34.9 Å². The fourth-order valence-electron chi connectivity index (χ4n) is 7.80. The molecule has 11 aromatic rings. The average molecular weight is 784 g/mol. The van der Waals surface area contributed by atoms with Crippen molar-refractivity contribution in [3.63, 3.8) is 0 Å². The Morgan fingerprint density at radius 1 is 0.279 bits per heavy atom. The van der Waals surface area contributed by atoms with Crippen LogP contribution in [0.25, 0.3) is 107 Å². The largest absolute Gasteiger partial charge is 0.309 e. The maximum Gasteiger partial charge on any atom is 0.183 e. The molecule has 0 fully saturated rings. The third-order valence-electron chi connectivity index (χ3n) is 10.6. The molecule has 286 valence electrons. The third-order valence-corrected chi connectivity index (χ3v) is 10.6. The topological polar surface area (TPSA) is 108 Å². The number of para-hydroxylation sites is 1. The first-order valence-corrected chi connectivity index (χ1v) is 19.9. The van der Waals surface area contributed by atoms with Crippen LogP contribution in [-0.2, 0) is 0 Å². The van der Waals surface area contributed by atoms with E-state index in [1.807, 2.05) is 170 Å². The SMILES string of the molecule is c1ccc(-c2nc(-c3ccccc3)nc(-c3cccc(-c4nccc5c4c4c(-c6nc(-c7ccccc7)nc(-c7ccccc7)n6)nccc4n5-c4ccccc4)c3)n2)cc1. The summed E-state index contributed by atoms with van der Waals surface area (Å²) in [5, 5.41) is 1.78. The lowest BCUT2D eigenvalue weighted by molar-refractivity contribution is 1.06. The van der Waals surface area contributed by atoms with Gasteiger partial charge in [0.25, 0.3) is 0 Å². The standard InChI is InChI=1S/C52H33N9/c1-6-17-34(18-7-1)47-55-48(35-19-8-2-9-20-35)58-51(57-47)39-26-16-25-38(33-39)45-43-41(29-31-53-45)61(40-27-14-5-15-28-40)42-30-32-54-46(44(42)43)52-59-49(36-21-10-3-11-22-36)56-50(60-52)37-23-12-4-13-24-37/h1-33H. The molecule has 0 saturated carbocycles. The van der Waals surface area contributed by atoms with Crippen LogP contribution in [0.15, 0.2) is 200 Å². The molecule has 0 atom stereocenters. The second-order valence-corrected chi connectivity index (χ2v) is 14.4. The van der Waals surface area contributed by atoms with Gasteiger partial charge in [0, 0.05) is 62.2 Å². The lowest BCUT2D eigenvalue weighted by Gasteiger charge is -2.11. The van der Waals surface area contributed by atoms with Gasteiger partial charge in [0.1, 0.15) is 5.69 Å². The molecule has 0 aliphatic heterocycles. The Labute approximate surface area is 350 Å². The molecule has 0 spiro atoms. The third kappa shape index (κ3) is 6.66. The maximum atomic E-state index is 5.12. The molecule has 11 rings (SSSR count). The summed E-state index contributed by atoms with van der Waals surface area (Å²) in [6, 6.07) is 62.6. The molecule has 0 bridgehead atoms. The van der Waals surface area contributed by atoms with Crippen LogP contribution < -0.4 is 0 Å². The average Bonchev–Trinajstić information content (AvgIpc) is 3.70. The quantitative estimate of drug-likeness (QED) is 0.150. The minimum Gasteiger partial charge on any atom is -0.309 e. The van der Waals surface area contributed by atoms with Gasteiger partial charge in [0.2, 0.25) is 0 Å². The van der Waals surface area contributed by atoms with Crippen LogP contribution in [0.5, 0.6) is 0 Å². The molecule has 61 heavy (non-hydrogen) atoms. The van der Waals surface area contributed by atoms with Gasteiger partial charge in [-0.15, -0.1) is 0 Å². The molecule has 0 aliphatic carbocycles. The molecule has 0 amide bonds. The molecule has 5 aromatic heterocycles. The van der Waals surface area contributed by atoms with Gasteiger partial charge in [-0.05, 0) is 30.3 Å². The van der Waals surface area contributed by atoms with Gasteiger partial charge < -0.3 is 4.57 Å². The van der Waals surface area contributed by atoms with Crippen molar-refractivity contribution in [3.8, 4) is 85.4 Å². The zero-order chi connectivity index (χ0) is 40.5. The van der Waals surface area contributed by atoms with Gasteiger partial charge in [-0.2, -0.15) is 0 Å². The molecule has 0 unspecified atom stereocenters. The fraction of sp³-hybridized carbons (Fsp3) is 0. The molecule has 0 saturated heterocycles. The first-order chi connectivity index (χ1) is 30.2. The van der Waals surface area contributed by atoms with Crippen molar-refractivity contribution in [1.29, 1.82) is 0 Å². The van der Waals surface area contributed by atoms with Gasteiger partial charge in [-0.25, -0.2) is 29.9 Å². The van der Waals surface area contributed by atoms with Crippen LogP contribution in [-0.4, -0.2) is 44.4 Å². The van der Waals surface area contributed by atoms with Crippen LogP contribution in [0.2, 0.25) is 0 Å². The minimum atomic E-state index is 0.459. The van der Waals surface area contributed by atoms with Gasteiger partial charge in [0.05, 0.1) is 16.7 Å². The molecule has 6 aromatic carbocycles. The molecular weight excluding hydrogens is 751 g/mol. The van der Waals surface area contributed by atoms with E-state index in [-0.39, 0.29) is 0 Å². The summed E-state index contributed by atoms with van der Waals surface area (Å²) in [6.07, 6.45) is 3.69. The molecular formula is C52H33N9. The molecule has 9 nitrogen and oxygen atoms in total. The Morgan fingerprint density at radius 3 is 1.08 bits per heavy atom. The van der Waals surface area contributed by atoms with Crippen molar-refractivity contribution in [1.82, 2.24) is 44.4 Å².